The van der Waals surface area contributed by atoms with Crippen molar-refractivity contribution in [3.05, 3.63) is 0 Å². The van der Waals surface area contributed by atoms with Gasteiger partial charge in [0.2, 0.25) is 0 Å². The van der Waals surface area contributed by atoms with Gasteiger partial charge in [-0.3, -0.25) is 0 Å². The van der Waals surface area contributed by atoms with Gasteiger partial charge in [0.05, 0.1) is 6.10 Å². The average Bonchev–Trinajstić information content (AvgIpc) is 2.99. The van der Waals surface area contributed by atoms with E-state index in [2.05, 4.69) is 4.90 Å². The van der Waals surface area contributed by atoms with Gasteiger partial charge in [0, 0.05) is 0 Å². The summed E-state index contributed by atoms with van der Waals surface area (Å²) < 4.78 is 0. The highest BCUT2D eigenvalue weighted by Gasteiger charge is 2.25. The van der Waals surface area contributed by atoms with Crippen LogP contribution in [0.5, 0.6) is 0 Å². The molecule has 1 heterocycles. The lowest BCUT2D eigenvalue weighted by Gasteiger charge is -2.33. The highest BCUT2D eigenvalue weighted by Crippen LogP contribution is 2.33. The Morgan fingerprint density at radius 1 is 1.21 bits per heavy atom. The van der Waals surface area contributed by atoms with Crippen molar-refractivity contribution >= 4 is 0 Å². The van der Waals surface area contributed by atoms with Crippen LogP contribution in [0.2, 0.25) is 0 Å². The minimum atomic E-state index is -0.0967. The molecule has 0 aromatic heterocycles. The van der Waals surface area contributed by atoms with Gasteiger partial charge in [-0.05, 0) is 57.7 Å². The molecular weight excluding hydrogens is 174 g/mol. The number of rotatable bonds is 4. The van der Waals surface area contributed by atoms with Crippen molar-refractivity contribution in [2.75, 3.05) is 19.6 Å². The fourth-order valence-electron chi connectivity index (χ4n) is 2.43. The molecule has 0 aromatic rings. The van der Waals surface area contributed by atoms with Gasteiger partial charge in [0.25, 0.3) is 0 Å². The van der Waals surface area contributed by atoms with Crippen LogP contribution < -0.4 is 0 Å². The zero-order chi connectivity index (χ0) is 9.97. The average molecular weight is 197 g/mol. The monoisotopic (exact) mass is 197 g/mol. The van der Waals surface area contributed by atoms with Gasteiger partial charge in [0.15, 0.2) is 0 Å². The first-order valence-electron chi connectivity index (χ1n) is 6.16. The Morgan fingerprint density at radius 2 is 1.86 bits per heavy atom. The summed E-state index contributed by atoms with van der Waals surface area (Å²) >= 11 is 0. The van der Waals surface area contributed by atoms with Crippen molar-refractivity contribution in [3.8, 4) is 0 Å². The maximum atomic E-state index is 9.47. The normalized spacial score (nSPS) is 27.9. The van der Waals surface area contributed by atoms with E-state index in [9.17, 15) is 5.11 Å². The molecule has 1 aliphatic carbocycles. The first-order chi connectivity index (χ1) is 6.75. The molecule has 0 radical (unpaired) electrons. The van der Waals surface area contributed by atoms with E-state index in [1.807, 2.05) is 6.92 Å². The molecule has 0 spiro atoms. The molecule has 2 fully saturated rings. The number of nitrogens with zero attached hydrogens (tertiary/aromatic N) is 1. The molecule has 0 amide bonds. The van der Waals surface area contributed by atoms with Crippen LogP contribution in [0, 0.1) is 11.8 Å². The Bertz CT molecular complexity index is 169. The van der Waals surface area contributed by atoms with Gasteiger partial charge in [-0.15, -0.1) is 0 Å². The molecule has 0 aromatic carbocycles. The lowest BCUT2D eigenvalue weighted by Crippen LogP contribution is -2.37. The fourth-order valence-corrected chi connectivity index (χ4v) is 2.43. The molecule has 1 N–H and O–H groups in total. The highest BCUT2D eigenvalue weighted by atomic mass is 16.3. The quantitative estimate of drug-likeness (QED) is 0.744. The number of hydrogen-bond donors (Lipinski definition) is 1. The summed E-state index contributed by atoms with van der Waals surface area (Å²) in [7, 11) is 0. The summed E-state index contributed by atoms with van der Waals surface area (Å²) in [5, 5.41) is 9.47. The number of hydrogen-bond acceptors (Lipinski definition) is 2. The van der Waals surface area contributed by atoms with Crippen LogP contribution in [0.3, 0.4) is 0 Å². The van der Waals surface area contributed by atoms with Crippen LogP contribution in [0.1, 0.15) is 39.0 Å². The molecule has 82 valence electrons. The van der Waals surface area contributed by atoms with Gasteiger partial charge in [-0.2, -0.15) is 0 Å². The standard InChI is InChI=1S/C12H23NO/c1-10(14)12-5-8-13(9-6-12)7-4-11-2-3-11/h10-12,14H,2-9H2,1H3. The second-order valence-electron chi connectivity index (χ2n) is 5.15. The summed E-state index contributed by atoms with van der Waals surface area (Å²) in [6.07, 6.45) is 6.67. The zero-order valence-electron chi connectivity index (χ0n) is 9.28. The largest absolute Gasteiger partial charge is 0.393 e. The molecule has 1 saturated carbocycles. The summed E-state index contributed by atoms with van der Waals surface area (Å²) in [5.41, 5.74) is 0. The minimum absolute atomic E-state index is 0.0967. The molecule has 2 heteroatoms. The van der Waals surface area contributed by atoms with E-state index in [0.29, 0.717) is 5.92 Å². The maximum Gasteiger partial charge on any atom is 0.0541 e. The molecule has 1 saturated heterocycles. The first kappa shape index (κ1) is 10.4. The predicted molar refractivity (Wildman–Crippen MR) is 58.2 cm³/mol. The molecule has 2 aliphatic rings. The summed E-state index contributed by atoms with van der Waals surface area (Å²) in [5.74, 6) is 1.62. The first-order valence-corrected chi connectivity index (χ1v) is 6.16. The van der Waals surface area contributed by atoms with Crippen LogP contribution >= 0.6 is 0 Å². The Balaban J connectivity index is 1.62. The lowest BCUT2D eigenvalue weighted by atomic mass is 9.92. The third kappa shape index (κ3) is 2.96. The second kappa shape index (κ2) is 4.63. The highest BCUT2D eigenvalue weighted by molar-refractivity contribution is 4.78. The Kier molecular flexibility index (Phi) is 3.45. The van der Waals surface area contributed by atoms with Gasteiger partial charge >= 0.3 is 0 Å². The van der Waals surface area contributed by atoms with Crippen molar-refractivity contribution in [1.29, 1.82) is 0 Å². The molecule has 0 bridgehead atoms. The van der Waals surface area contributed by atoms with Crippen molar-refractivity contribution < 1.29 is 5.11 Å². The SMILES string of the molecule is CC(O)C1CCN(CCC2CC2)CC1. The number of aliphatic hydroxyl groups is 1. The van der Waals surface area contributed by atoms with Crippen molar-refractivity contribution in [2.24, 2.45) is 11.8 Å². The van der Waals surface area contributed by atoms with Crippen LogP contribution in [-0.4, -0.2) is 35.7 Å². The van der Waals surface area contributed by atoms with E-state index in [0.717, 1.165) is 5.92 Å². The molecular formula is C12H23NO. The molecule has 1 unspecified atom stereocenters. The van der Waals surface area contributed by atoms with E-state index in [1.54, 1.807) is 0 Å². The topological polar surface area (TPSA) is 23.5 Å². The van der Waals surface area contributed by atoms with E-state index in [4.69, 9.17) is 0 Å². The van der Waals surface area contributed by atoms with E-state index in [1.165, 1.54) is 51.7 Å². The Labute approximate surface area is 87.3 Å². The third-order valence-electron chi connectivity index (χ3n) is 3.86. The van der Waals surface area contributed by atoms with Crippen LogP contribution in [0.15, 0.2) is 0 Å². The summed E-state index contributed by atoms with van der Waals surface area (Å²) in [6, 6.07) is 0. The Hall–Kier alpha value is -0.0800. The Morgan fingerprint density at radius 3 is 2.36 bits per heavy atom. The van der Waals surface area contributed by atoms with Crippen LogP contribution in [-0.2, 0) is 0 Å². The minimum Gasteiger partial charge on any atom is -0.393 e. The zero-order valence-corrected chi connectivity index (χ0v) is 9.28. The van der Waals surface area contributed by atoms with Crippen molar-refractivity contribution in [3.63, 3.8) is 0 Å². The number of likely N-dealkylation sites (tertiary alicyclic amines) is 1. The maximum absolute atomic E-state index is 9.47. The fraction of sp³-hybridized carbons (Fsp3) is 1.00. The van der Waals surface area contributed by atoms with E-state index in [-0.39, 0.29) is 6.10 Å². The van der Waals surface area contributed by atoms with Crippen molar-refractivity contribution in [2.45, 2.75) is 45.1 Å². The van der Waals surface area contributed by atoms with Crippen LogP contribution in [0.4, 0.5) is 0 Å². The van der Waals surface area contributed by atoms with E-state index < -0.39 is 0 Å². The van der Waals surface area contributed by atoms with E-state index >= 15 is 0 Å². The van der Waals surface area contributed by atoms with Crippen LogP contribution in [0.25, 0.3) is 0 Å². The van der Waals surface area contributed by atoms with Gasteiger partial charge in [0.1, 0.15) is 0 Å². The second-order valence-corrected chi connectivity index (χ2v) is 5.15. The molecule has 2 nitrogen and oxygen atoms in total. The molecule has 2 rings (SSSR count). The third-order valence-corrected chi connectivity index (χ3v) is 3.86. The molecule has 1 aliphatic heterocycles. The summed E-state index contributed by atoms with van der Waals surface area (Å²) in [6.45, 7) is 5.66. The van der Waals surface area contributed by atoms with Crippen molar-refractivity contribution in [1.82, 2.24) is 4.90 Å². The molecule has 14 heavy (non-hydrogen) atoms. The van der Waals surface area contributed by atoms with Gasteiger partial charge < -0.3 is 10.0 Å². The van der Waals surface area contributed by atoms with Gasteiger partial charge in [-0.1, -0.05) is 12.8 Å². The smallest absolute Gasteiger partial charge is 0.0541 e. The molecule has 1 atom stereocenters. The lowest BCUT2D eigenvalue weighted by molar-refractivity contribution is 0.0711. The van der Waals surface area contributed by atoms with Gasteiger partial charge in [-0.25, -0.2) is 0 Å². The number of aliphatic hydroxyl groups excluding tert-OH is 1. The summed E-state index contributed by atoms with van der Waals surface area (Å²) in [4.78, 5) is 2.58. The number of piperidine rings is 1. The predicted octanol–water partition coefficient (Wildman–Crippen LogP) is 1.88.